The first-order valence-corrected chi connectivity index (χ1v) is 7.75. The molecule has 112 valence electrons. The van der Waals surface area contributed by atoms with Gasteiger partial charge in [-0.15, -0.1) is 0 Å². The van der Waals surface area contributed by atoms with Gasteiger partial charge in [-0.05, 0) is 27.5 Å². The van der Waals surface area contributed by atoms with E-state index in [2.05, 4.69) is 41.5 Å². The molecule has 0 spiro atoms. The average molecular weight is 294 g/mol. The average Bonchev–Trinajstić information content (AvgIpc) is 2.24. The Kier molecular flexibility index (Phi) is 4.80. The summed E-state index contributed by atoms with van der Waals surface area (Å²) in [6, 6.07) is 4.06. The Balaban J connectivity index is 3.38. The van der Waals surface area contributed by atoms with Crippen molar-refractivity contribution < 1.29 is 5.11 Å². The van der Waals surface area contributed by atoms with E-state index in [9.17, 15) is 5.11 Å². The number of hydrogen-bond donors (Lipinski definition) is 3. The minimum absolute atomic E-state index is 0.118. The van der Waals surface area contributed by atoms with Crippen LogP contribution in [0.4, 0.5) is 0 Å². The lowest BCUT2D eigenvalue weighted by molar-refractivity contribution is 0.423. The lowest BCUT2D eigenvalue weighted by atomic mass is 9.78. The third-order valence-corrected chi connectivity index (χ3v) is 3.97. The number of benzene rings is 1. The van der Waals surface area contributed by atoms with Crippen LogP contribution in [0.15, 0.2) is 12.1 Å². The molecule has 1 rings (SSSR count). The Morgan fingerprint density at radius 1 is 1.10 bits per heavy atom. The molecule has 0 aliphatic heterocycles. The lowest BCUT2D eigenvalue weighted by Crippen LogP contribution is -2.18. The van der Waals surface area contributed by atoms with Crippen molar-refractivity contribution in [3.05, 3.63) is 28.8 Å². The van der Waals surface area contributed by atoms with Gasteiger partial charge in [0.15, 0.2) is 5.17 Å². The standard InChI is InChI=1S/C16H26N2OS/c1-15(2,3)11-7-10(9-20-14(17)18)8-12(13(11)19)16(4,5)6/h7-8,19H,9H2,1-6H3,(H3,17,18). The van der Waals surface area contributed by atoms with Crippen molar-refractivity contribution in [3.8, 4) is 5.75 Å². The summed E-state index contributed by atoms with van der Waals surface area (Å²) in [4.78, 5) is 0. The summed E-state index contributed by atoms with van der Waals surface area (Å²) < 4.78 is 0. The van der Waals surface area contributed by atoms with Crippen LogP contribution < -0.4 is 5.73 Å². The molecule has 3 nitrogen and oxygen atoms in total. The number of phenolic OH excluding ortho intramolecular Hbond substituents is 1. The molecule has 1 aromatic carbocycles. The summed E-state index contributed by atoms with van der Waals surface area (Å²) in [5, 5.41) is 18.0. The summed E-state index contributed by atoms with van der Waals surface area (Å²) in [5.74, 6) is 1.04. The number of nitrogens with two attached hydrogens (primary N) is 1. The third kappa shape index (κ3) is 4.17. The van der Waals surface area contributed by atoms with E-state index in [1.165, 1.54) is 11.8 Å². The summed E-state index contributed by atoms with van der Waals surface area (Å²) in [6.45, 7) is 12.6. The van der Waals surface area contributed by atoms with E-state index in [0.29, 0.717) is 11.5 Å². The van der Waals surface area contributed by atoms with Crippen molar-refractivity contribution in [3.63, 3.8) is 0 Å². The Labute approximate surface area is 126 Å². The van der Waals surface area contributed by atoms with Crippen LogP contribution in [-0.4, -0.2) is 10.3 Å². The van der Waals surface area contributed by atoms with Crippen LogP contribution >= 0.6 is 11.8 Å². The van der Waals surface area contributed by atoms with Crippen molar-refractivity contribution in [2.75, 3.05) is 0 Å². The molecule has 0 radical (unpaired) electrons. The zero-order valence-electron chi connectivity index (χ0n) is 13.3. The van der Waals surface area contributed by atoms with E-state index in [1.807, 2.05) is 12.1 Å². The van der Waals surface area contributed by atoms with Crippen LogP contribution in [0.5, 0.6) is 5.75 Å². The Morgan fingerprint density at radius 3 is 1.80 bits per heavy atom. The monoisotopic (exact) mass is 294 g/mol. The highest BCUT2D eigenvalue weighted by Gasteiger charge is 2.26. The highest BCUT2D eigenvalue weighted by Crippen LogP contribution is 2.40. The lowest BCUT2D eigenvalue weighted by Gasteiger charge is -2.28. The van der Waals surface area contributed by atoms with Gasteiger partial charge >= 0.3 is 0 Å². The van der Waals surface area contributed by atoms with Crippen LogP contribution in [0.3, 0.4) is 0 Å². The first kappa shape index (κ1) is 16.9. The molecule has 0 unspecified atom stereocenters. The fourth-order valence-electron chi connectivity index (χ4n) is 2.08. The van der Waals surface area contributed by atoms with Gasteiger partial charge < -0.3 is 10.8 Å². The number of aromatic hydroxyl groups is 1. The Morgan fingerprint density at radius 2 is 1.50 bits per heavy atom. The molecule has 0 amide bonds. The Hall–Kier alpha value is -1.16. The first-order valence-electron chi connectivity index (χ1n) is 6.76. The van der Waals surface area contributed by atoms with E-state index in [4.69, 9.17) is 11.1 Å². The van der Waals surface area contributed by atoms with Gasteiger partial charge in [0, 0.05) is 5.75 Å². The van der Waals surface area contributed by atoms with Crippen LogP contribution in [0.2, 0.25) is 0 Å². The van der Waals surface area contributed by atoms with E-state index in [-0.39, 0.29) is 16.0 Å². The predicted molar refractivity (Wildman–Crippen MR) is 88.7 cm³/mol. The number of amidine groups is 1. The molecule has 0 aromatic heterocycles. The van der Waals surface area contributed by atoms with Crippen molar-refractivity contribution in [1.82, 2.24) is 0 Å². The maximum Gasteiger partial charge on any atom is 0.151 e. The second kappa shape index (κ2) is 5.68. The summed E-state index contributed by atoms with van der Waals surface area (Å²) in [7, 11) is 0. The predicted octanol–water partition coefficient (Wildman–Crippen LogP) is 4.11. The molecule has 0 saturated carbocycles. The molecular formula is C16H26N2OS. The van der Waals surface area contributed by atoms with Crippen LogP contribution in [-0.2, 0) is 16.6 Å². The van der Waals surface area contributed by atoms with E-state index >= 15 is 0 Å². The summed E-state index contributed by atoms with van der Waals surface area (Å²) in [6.07, 6.45) is 0. The van der Waals surface area contributed by atoms with Crippen molar-refractivity contribution in [1.29, 1.82) is 5.41 Å². The molecule has 0 aliphatic rings. The zero-order valence-corrected chi connectivity index (χ0v) is 14.1. The number of hydrogen-bond acceptors (Lipinski definition) is 3. The van der Waals surface area contributed by atoms with Crippen LogP contribution in [0.25, 0.3) is 0 Å². The van der Waals surface area contributed by atoms with Crippen molar-refractivity contribution >= 4 is 16.9 Å². The molecule has 0 aliphatic carbocycles. The topological polar surface area (TPSA) is 70.1 Å². The largest absolute Gasteiger partial charge is 0.507 e. The van der Waals surface area contributed by atoms with Crippen LogP contribution in [0.1, 0.15) is 58.2 Å². The van der Waals surface area contributed by atoms with Gasteiger partial charge in [0.1, 0.15) is 5.75 Å². The molecule has 0 bridgehead atoms. The van der Waals surface area contributed by atoms with Gasteiger partial charge in [0.05, 0.1) is 0 Å². The molecule has 20 heavy (non-hydrogen) atoms. The van der Waals surface area contributed by atoms with Crippen LogP contribution in [0, 0.1) is 5.41 Å². The normalized spacial score (nSPS) is 12.5. The minimum atomic E-state index is -0.124. The summed E-state index contributed by atoms with van der Waals surface area (Å²) in [5.41, 5.74) is 8.16. The highest BCUT2D eigenvalue weighted by atomic mass is 32.2. The number of phenols is 1. The third-order valence-electron chi connectivity index (χ3n) is 3.18. The van der Waals surface area contributed by atoms with E-state index in [1.54, 1.807) is 0 Å². The van der Waals surface area contributed by atoms with Gasteiger partial charge in [-0.3, -0.25) is 5.41 Å². The molecular weight excluding hydrogens is 268 g/mol. The molecule has 0 fully saturated rings. The minimum Gasteiger partial charge on any atom is -0.507 e. The maximum absolute atomic E-state index is 10.6. The molecule has 0 saturated heterocycles. The fourth-order valence-corrected chi connectivity index (χ4v) is 2.57. The van der Waals surface area contributed by atoms with Gasteiger partial charge in [-0.1, -0.05) is 65.4 Å². The number of rotatable bonds is 2. The first-order chi connectivity index (χ1) is 8.93. The molecule has 0 atom stereocenters. The van der Waals surface area contributed by atoms with Gasteiger partial charge in [0.25, 0.3) is 0 Å². The van der Waals surface area contributed by atoms with Crippen molar-refractivity contribution in [2.24, 2.45) is 5.73 Å². The molecule has 4 N–H and O–H groups in total. The fraction of sp³-hybridized carbons (Fsp3) is 0.562. The van der Waals surface area contributed by atoms with Gasteiger partial charge in [0.2, 0.25) is 0 Å². The quantitative estimate of drug-likeness (QED) is 0.568. The smallest absolute Gasteiger partial charge is 0.151 e. The second-order valence-corrected chi connectivity index (χ2v) is 8.21. The molecule has 1 aromatic rings. The van der Waals surface area contributed by atoms with E-state index < -0.39 is 0 Å². The maximum atomic E-state index is 10.6. The molecule has 4 heteroatoms. The van der Waals surface area contributed by atoms with Crippen molar-refractivity contribution in [2.45, 2.75) is 58.1 Å². The van der Waals surface area contributed by atoms with E-state index in [0.717, 1.165) is 16.7 Å². The Bertz CT molecular complexity index is 475. The SMILES string of the molecule is CC(C)(C)c1cc(CSC(=N)N)cc(C(C)(C)C)c1O. The number of nitrogens with one attached hydrogen (secondary N) is 1. The zero-order chi connectivity index (χ0) is 15.7. The summed E-state index contributed by atoms with van der Waals surface area (Å²) >= 11 is 1.31. The van der Waals surface area contributed by atoms with Gasteiger partial charge in [-0.2, -0.15) is 0 Å². The second-order valence-electron chi connectivity index (χ2n) is 7.19. The molecule has 0 heterocycles. The highest BCUT2D eigenvalue weighted by molar-refractivity contribution is 8.13. The number of thioether (sulfide) groups is 1. The van der Waals surface area contributed by atoms with Gasteiger partial charge in [-0.25, -0.2) is 0 Å².